The average Bonchev–Trinajstić information content (AvgIpc) is 3.69. The SMILES string of the molecule is CC(=Nc1c(C)cc(C)cc1C)c1cccc(C(C)=Nc2c(C)cc(C)cc2C)n1.CCCCC1CCC(C)C1.CCCCC1CCC(C)C1.[CH3-].[CH3-].[CH3-].[CH3-].[CH3-].[Fe+2].[Zr+3]. The predicted octanol–water partition coefficient (Wildman–Crippen LogP) is 16.7. The minimum absolute atomic E-state index is 0. The van der Waals surface area contributed by atoms with E-state index in [-0.39, 0.29) is 80.4 Å². The molecule has 0 N–H and O–H groups in total. The van der Waals surface area contributed by atoms with Gasteiger partial charge >= 0.3 is 43.3 Å². The quantitative estimate of drug-likeness (QED) is 0.113. The molecule has 4 atom stereocenters. The maximum absolute atomic E-state index is 4.91. The van der Waals surface area contributed by atoms with E-state index < -0.39 is 0 Å². The average molecular weight is 900 g/mol. The van der Waals surface area contributed by atoms with Crippen LogP contribution in [0.15, 0.2) is 52.4 Å². The molecular weight excluding hydrogens is 814 g/mol. The number of benzene rings is 2. The van der Waals surface area contributed by atoms with Crippen LogP contribution in [0.2, 0.25) is 0 Å². The molecule has 3 nitrogen and oxygen atoms in total. The zero-order chi connectivity index (χ0) is 36.8. The fourth-order valence-electron chi connectivity index (χ4n) is 8.15. The molecule has 2 aliphatic carbocycles. The number of aryl methyl sites for hydroxylation is 6. The number of hydrogen-bond acceptors (Lipinski definition) is 3. The van der Waals surface area contributed by atoms with Crippen molar-refractivity contribution in [1.82, 2.24) is 4.98 Å². The van der Waals surface area contributed by atoms with Crippen LogP contribution in [0, 0.1) is 102 Å². The van der Waals surface area contributed by atoms with E-state index in [0.29, 0.717) is 0 Å². The minimum Gasteiger partial charge on any atom is -0.358 e. The van der Waals surface area contributed by atoms with E-state index in [9.17, 15) is 0 Å². The molecule has 2 saturated carbocycles. The minimum atomic E-state index is 0. The first-order chi connectivity index (χ1) is 23.8. The Labute approximate surface area is 386 Å². The summed E-state index contributed by atoms with van der Waals surface area (Å²) in [7, 11) is 0. The van der Waals surface area contributed by atoms with Gasteiger partial charge in [-0.05, 0) is 126 Å². The third-order valence-electron chi connectivity index (χ3n) is 10.9. The molecule has 1 radical (unpaired) electrons. The van der Waals surface area contributed by atoms with E-state index in [1.807, 2.05) is 32.0 Å². The van der Waals surface area contributed by atoms with Crippen molar-refractivity contribution in [3.05, 3.63) is 124 Å². The van der Waals surface area contributed by atoms with Crippen LogP contribution >= 0.6 is 0 Å². The standard InChI is InChI=1S/C27H31N3.2C10H20.5CH3.Fe.Zr/c1-16-12-18(3)26(19(4)13-16)28-22(7)24-10-9-11-25(30-24)23(8)29-27-20(5)14-17(2)15-21(27)6;2*1-3-4-5-10-7-6-9(2)8-10;;;;;;;/h9-15H,1-8H3;2*9-10H,3-8H2,1-2H3;5*1H3;;/q;;;5*-1;+2;+3. The first-order valence-corrected chi connectivity index (χ1v) is 20.0. The van der Waals surface area contributed by atoms with Gasteiger partial charge in [-0.3, -0.25) is 9.98 Å². The molecule has 0 bridgehead atoms. The van der Waals surface area contributed by atoms with Crippen LogP contribution in [0.5, 0.6) is 0 Å². The largest absolute Gasteiger partial charge is 3.00 e. The van der Waals surface area contributed by atoms with Crippen molar-refractivity contribution >= 4 is 22.8 Å². The summed E-state index contributed by atoms with van der Waals surface area (Å²) in [5, 5.41) is 0. The number of unbranched alkanes of at least 4 members (excludes halogenated alkanes) is 2. The summed E-state index contributed by atoms with van der Waals surface area (Å²) in [5.41, 5.74) is 12.9. The molecule has 5 heteroatoms. The van der Waals surface area contributed by atoms with Crippen LogP contribution in [0.1, 0.15) is 163 Å². The van der Waals surface area contributed by atoms with Gasteiger partial charge in [-0.2, -0.15) is 0 Å². The zero-order valence-electron chi connectivity index (χ0n) is 40.0. The van der Waals surface area contributed by atoms with Crippen molar-refractivity contribution in [3.8, 4) is 0 Å². The number of pyridine rings is 1. The summed E-state index contributed by atoms with van der Waals surface area (Å²) in [4.78, 5) is 14.7. The number of hydrogen-bond donors (Lipinski definition) is 0. The summed E-state index contributed by atoms with van der Waals surface area (Å²) >= 11 is 0. The molecule has 1 heterocycles. The van der Waals surface area contributed by atoms with Gasteiger partial charge in [-0.1, -0.05) is 133 Å². The molecule has 2 aromatic carbocycles. The van der Waals surface area contributed by atoms with E-state index in [4.69, 9.17) is 15.0 Å². The molecule has 5 rings (SSSR count). The van der Waals surface area contributed by atoms with E-state index in [0.717, 1.165) is 57.9 Å². The molecule has 0 aliphatic heterocycles. The fourth-order valence-corrected chi connectivity index (χ4v) is 8.15. The Hall–Kier alpha value is -1.67. The second-order valence-corrected chi connectivity index (χ2v) is 16.2. The number of nitrogens with zero attached hydrogens (tertiary/aromatic N) is 3. The van der Waals surface area contributed by atoms with Crippen LogP contribution in [-0.4, -0.2) is 16.4 Å². The first-order valence-electron chi connectivity index (χ1n) is 20.0. The first kappa shape index (κ1) is 64.5. The molecule has 321 valence electrons. The molecule has 0 saturated heterocycles. The van der Waals surface area contributed by atoms with Crippen molar-refractivity contribution in [2.24, 2.45) is 33.7 Å². The van der Waals surface area contributed by atoms with Gasteiger partial charge in [-0.25, -0.2) is 4.98 Å². The molecule has 57 heavy (non-hydrogen) atoms. The van der Waals surface area contributed by atoms with Gasteiger partial charge in [0.2, 0.25) is 0 Å². The number of rotatable bonds is 10. The van der Waals surface area contributed by atoms with E-state index in [1.54, 1.807) is 0 Å². The molecule has 2 fully saturated rings. The Balaban J connectivity index is -0.000000279. The zero-order valence-corrected chi connectivity index (χ0v) is 43.6. The summed E-state index contributed by atoms with van der Waals surface area (Å²) in [6.07, 6.45) is 17.7. The summed E-state index contributed by atoms with van der Waals surface area (Å²) in [6.45, 7) is 26.1. The second-order valence-electron chi connectivity index (χ2n) is 16.2. The number of aliphatic imine (C=N–C) groups is 2. The Bertz CT molecular complexity index is 1420. The van der Waals surface area contributed by atoms with Crippen LogP contribution in [0.3, 0.4) is 0 Å². The van der Waals surface area contributed by atoms with E-state index in [2.05, 4.69) is 93.5 Å². The smallest absolute Gasteiger partial charge is 0.358 e. The monoisotopic (exact) mass is 899 g/mol. The molecular formula is C52H86FeN3Zr. The molecule has 3 aromatic rings. The molecule has 0 amide bonds. The van der Waals surface area contributed by atoms with E-state index >= 15 is 0 Å². The second kappa shape index (κ2) is 33.1. The summed E-state index contributed by atoms with van der Waals surface area (Å²) in [5.74, 6) is 4.24. The maximum Gasteiger partial charge on any atom is 3.00 e. The van der Waals surface area contributed by atoms with Gasteiger partial charge in [0.25, 0.3) is 0 Å². The molecule has 4 unspecified atom stereocenters. The molecule has 1 aromatic heterocycles. The summed E-state index contributed by atoms with van der Waals surface area (Å²) < 4.78 is 0. The van der Waals surface area contributed by atoms with Crippen molar-refractivity contribution in [3.63, 3.8) is 0 Å². The fraction of sp³-hybridized carbons (Fsp3) is 0.538. The van der Waals surface area contributed by atoms with Gasteiger partial charge in [0, 0.05) is 0 Å². The molecule has 0 spiro atoms. The van der Waals surface area contributed by atoms with Gasteiger partial charge in [0.1, 0.15) is 0 Å². The maximum atomic E-state index is 4.91. The third kappa shape index (κ3) is 22.0. The van der Waals surface area contributed by atoms with Crippen molar-refractivity contribution < 1.29 is 43.3 Å². The topological polar surface area (TPSA) is 37.6 Å². The Morgan fingerprint density at radius 3 is 1.16 bits per heavy atom. The third-order valence-corrected chi connectivity index (χ3v) is 10.9. The Morgan fingerprint density at radius 1 is 0.579 bits per heavy atom. The van der Waals surface area contributed by atoms with Crippen LogP contribution < -0.4 is 0 Å². The van der Waals surface area contributed by atoms with Crippen molar-refractivity contribution in [2.45, 2.75) is 160 Å². The van der Waals surface area contributed by atoms with E-state index in [1.165, 1.54) is 110 Å². The normalized spacial score (nSPS) is 18.1. The predicted molar refractivity (Wildman–Crippen MR) is 253 cm³/mol. The Morgan fingerprint density at radius 2 is 0.895 bits per heavy atom. The molecule has 2 aliphatic rings. The summed E-state index contributed by atoms with van der Waals surface area (Å²) in [6, 6.07) is 14.7. The Kier molecular flexibility index (Phi) is 37.4. The van der Waals surface area contributed by atoms with Gasteiger partial charge in [0.15, 0.2) is 0 Å². The van der Waals surface area contributed by atoms with Gasteiger partial charge in [-0.15, -0.1) is 0 Å². The van der Waals surface area contributed by atoms with Crippen LogP contribution in [0.25, 0.3) is 0 Å². The van der Waals surface area contributed by atoms with Gasteiger partial charge in [0.05, 0.1) is 34.2 Å². The van der Waals surface area contributed by atoms with Crippen molar-refractivity contribution in [2.75, 3.05) is 0 Å². The number of aromatic nitrogens is 1. The van der Waals surface area contributed by atoms with Crippen molar-refractivity contribution in [1.29, 1.82) is 0 Å². The van der Waals surface area contributed by atoms with Crippen LogP contribution in [-0.2, 0) is 43.3 Å². The van der Waals surface area contributed by atoms with Crippen LogP contribution in [0.4, 0.5) is 11.4 Å². The van der Waals surface area contributed by atoms with Gasteiger partial charge < -0.3 is 37.1 Å².